The molecule has 7 heteroatoms. The fraction of sp³-hybridized carbons (Fsp3) is 0.0435. The third-order valence-corrected chi connectivity index (χ3v) is 5.33. The Bertz CT molecular complexity index is 1500. The molecule has 0 radical (unpaired) electrons. The second kappa shape index (κ2) is 6.38. The predicted molar refractivity (Wildman–Crippen MR) is 116 cm³/mol. The molecule has 0 spiro atoms. The summed E-state index contributed by atoms with van der Waals surface area (Å²) in [4.78, 5) is 0. The summed E-state index contributed by atoms with van der Waals surface area (Å²) in [5.74, 6) is 0. The van der Waals surface area contributed by atoms with Crippen LogP contribution in [0.4, 0.5) is 0 Å². The first-order valence-electron chi connectivity index (χ1n) is 9.67. The second-order valence-electron chi connectivity index (χ2n) is 7.31. The van der Waals surface area contributed by atoms with Crippen molar-refractivity contribution in [3.8, 4) is 22.6 Å². The van der Waals surface area contributed by atoms with Gasteiger partial charge in [-0.25, -0.2) is 9.36 Å². The zero-order valence-electron chi connectivity index (χ0n) is 16.2. The lowest BCUT2D eigenvalue weighted by molar-refractivity contribution is 0.824. The third kappa shape index (κ3) is 2.60. The molecule has 3 heterocycles. The van der Waals surface area contributed by atoms with Crippen molar-refractivity contribution in [3.63, 3.8) is 0 Å². The van der Waals surface area contributed by atoms with E-state index >= 15 is 0 Å². The first-order chi connectivity index (χ1) is 14.8. The quantitative estimate of drug-likeness (QED) is 0.483. The summed E-state index contributed by atoms with van der Waals surface area (Å²) in [6.07, 6.45) is 3.63. The van der Waals surface area contributed by atoms with Crippen molar-refractivity contribution >= 4 is 21.9 Å². The molecule has 0 unspecified atom stereocenters. The SMILES string of the molecule is Cc1ccc(-n2nccc2-c2ccc3nnn(-c4ccc5cn[nH]c5c4)c3c2)cc1. The zero-order valence-corrected chi connectivity index (χ0v) is 16.2. The lowest BCUT2D eigenvalue weighted by atomic mass is 10.1. The molecule has 3 aromatic heterocycles. The van der Waals surface area contributed by atoms with E-state index in [1.54, 1.807) is 0 Å². The van der Waals surface area contributed by atoms with Crippen LogP contribution in [0.15, 0.2) is 79.1 Å². The first-order valence-corrected chi connectivity index (χ1v) is 9.67. The Kier molecular flexibility index (Phi) is 3.55. The van der Waals surface area contributed by atoms with Crippen LogP contribution in [0.3, 0.4) is 0 Å². The van der Waals surface area contributed by atoms with Crippen molar-refractivity contribution in [1.29, 1.82) is 0 Å². The van der Waals surface area contributed by atoms with Crippen LogP contribution in [0.5, 0.6) is 0 Å². The summed E-state index contributed by atoms with van der Waals surface area (Å²) < 4.78 is 3.80. The third-order valence-electron chi connectivity index (χ3n) is 5.33. The highest BCUT2D eigenvalue weighted by Gasteiger charge is 2.12. The van der Waals surface area contributed by atoms with E-state index in [0.29, 0.717) is 0 Å². The Morgan fingerprint density at radius 2 is 1.70 bits per heavy atom. The maximum atomic E-state index is 4.54. The number of aromatic amines is 1. The van der Waals surface area contributed by atoms with Gasteiger partial charge in [0.25, 0.3) is 0 Å². The van der Waals surface area contributed by atoms with Crippen molar-refractivity contribution in [2.75, 3.05) is 0 Å². The van der Waals surface area contributed by atoms with Crippen LogP contribution in [-0.2, 0) is 0 Å². The van der Waals surface area contributed by atoms with E-state index in [-0.39, 0.29) is 0 Å². The number of aryl methyl sites for hydroxylation is 1. The first kappa shape index (κ1) is 16.7. The fourth-order valence-electron chi connectivity index (χ4n) is 3.74. The van der Waals surface area contributed by atoms with Gasteiger partial charge in [0, 0.05) is 10.9 Å². The minimum Gasteiger partial charge on any atom is -0.278 e. The Morgan fingerprint density at radius 1 is 0.833 bits per heavy atom. The number of hydrogen-bond donors (Lipinski definition) is 1. The maximum absolute atomic E-state index is 4.54. The maximum Gasteiger partial charge on any atom is 0.113 e. The molecule has 144 valence electrons. The van der Waals surface area contributed by atoms with E-state index < -0.39 is 0 Å². The van der Waals surface area contributed by atoms with Crippen molar-refractivity contribution < 1.29 is 0 Å². The van der Waals surface area contributed by atoms with Gasteiger partial charge >= 0.3 is 0 Å². The number of H-pyrrole nitrogens is 1. The number of aromatic nitrogens is 7. The van der Waals surface area contributed by atoms with Gasteiger partial charge in [-0.15, -0.1) is 5.10 Å². The van der Waals surface area contributed by atoms with Gasteiger partial charge in [0.15, 0.2) is 0 Å². The van der Waals surface area contributed by atoms with E-state index in [1.807, 2.05) is 52.1 Å². The highest BCUT2D eigenvalue weighted by Crippen LogP contribution is 2.27. The molecule has 3 aromatic carbocycles. The van der Waals surface area contributed by atoms with Crippen LogP contribution in [0, 0.1) is 6.92 Å². The number of fused-ring (bicyclic) bond motifs is 2. The summed E-state index contributed by atoms with van der Waals surface area (Å²) >= 11 is 0. The van der Waals surface area contributed by atoms with Crippen LogP contribution in [-0.4, -0.2) is 35.0 Å². The van der Waals surface area contributed by atoms with Gasteiger partial charge in [0.05, 0.1) is 40.5 Å². The molecule has 0 aliphatic carbocycles. The van der Waals surface area contributed by atoms with Gasteiger partial charge in [-0.3, -0.25) is 5.10 Å². The highest BCUT2D eigenvalue weighted by atomic mass is 15.4. The molecule has 6 rings (SSSR count). The average Bonchev–Trinajstić information content (AvgIpc) is 3.52. The molecule has 0 atom stereocenters. The van der Waals surface area contributed by atoms with Crippen molar-refractivity contribution in [2.24, 2.45) is 0 Å². The molecule has 1 N–H and O–H groups in total. The van der Waals surface area contributed by atoms with Gasteiger partial charge in [-0.05, 0) is 55.5 Å². The topological polar surface area (TPSA) is 77.2 Å². The van der Waals surface area contributed by atoms with Crippen LogP contribution in [0.2, 0.25) is 0 Å². The Balaban J connectivity index is 1.49. The van der Waals surface area contributed by atoms with Crippen molar-refractivity contribution in [2.45, 2.75) is 6.92 Å². The van der Waals surface area contributed by atoms with Crippen LogP contribution in [0.25, 0.3) is 44.6 Å². The highest BCUT2D eigenvalue weighted by molar-refractivity contribution is 5.84. The number of nitrogens with zero attached hydrogens (tertiary/aromatic N) is 6. The molecule has 6 aromatic rings. The molecule has 7 nitrogen and oxygen atoms in total. The second-order valence-corrected chi connectivity index (χ2v) is 7.31. The Hall–Kier alpha value is -4.26. The van der Waals surface area contributed by atoms with E-state index in [0.717, 1.165) is 44.6 Å². The minimum absolute atomic E-state index is 0.838. The Morgan fingerprint density at radius 3 is 2.60 bits per heavy atom. The van der Waals surface area contributed by atoms with E-state index in [2.05, 4.69) is 68.9 Å². The van der Waals surface area contributed by atoms with E-state index in [1.165, 1.54) is 5.56 Å². The average molecular weight is 391 g/mol. The molecule has 0 saturated carbocycles. The van der Waals surface area contributed by atoms with Gasteiger partial charge in [-0.2, -0.15) is 10.2 Å². The predicted octanol–water partition coefficient (Wildman–Crippen LogP) is 4.46. The lowest BCUT2D eigenvalue weighted by Gasteiger charge is -2.09. The monoisotopic (exact) mass is 391 g/mol. The Labute approximate surface area is 171 Å². The van der Waals surface area contributed by atoms with Gasteiger partial charge in [0.1, 0.15) is 5.52 Å². The summed E-state index contributed by atoms with van der Waals surface area (Å²) in [6, 6.07) is 22.6. The van der Waals surface area contributed by atoms with E-state index in [4.69, 9.17) is 0 Å². The molecule has 0 aliphatic heterocycles. The van der Waals surface area contributed by atoms with Crippen LogP contribution < -0.4 is 0 Å². The smallest absolute Gasteiger partial charge is 0.113 e. The summed E-state index contributed by atoms with van der Waals surface area (Å²) in [5, 5.41) is 21.4. The van der Waals surface area contributed by atoms with Crippen molar-refractivity contribution in [1.82, 2.24) is 35.0 Å². The fourth-order valence-corrected chi connectivity index (χ4v) is 3.74. The molecule has 30 heavy (non-hydrogen) atoms. The standard InChI is InChI=1S/C23H17N7/c1-15-2-6-18(7-3-15)29-22(10-11-25-29)16-5-9-20-23(12-16)30(28-27-20)19-8-4-17-14-24-26-21(17)13-19/h2-14H,1H3,(H,24,26). The summed E-state index contributed by atoms with van der Waals surface area (Å²) in [5.41, 5.74) is 7.97. The van der Waals surface area contributed by atoms with Crippen LogP contribution >= 0.6 is 0 Å². The molecule has 0 saturated heterocycles. The minimum atomic E-state index is 0.838. The number of rotatable bonds is 3. The molecule has 0 bridgehead atoms. The normalized spacial score (nSPS) is 11.5. The molecule has 0 aliphatic rings. The summed E-state index contributed by atoms with van der Waals surface area (Å²) in [6.45, 7) is 2.08. The van der Waals surface area contributed by atoms with Gasteiger partial charge in [-0.1, -0.05) is 29.0 Å². The lowest BCUT2D eigenvalue weighted by Crippen LogP contribution is -1.99. The van der Waals surface area contributed by atoms with E-state index in [9.17, 15) is 0 Å². The summed E-state index contributed by atoms with van der Waals surface area (Å²) in [7, 11) is 0. The van der Waals surface area contributed by atoms with Crippen LogP contribution in [0.1, 0.15) is 5.56 Å². The molecule has 0 fully saturated rings. The molecule has 0 amide bonds. The number of benzene rings is 3. The molecular weight excluding hydrogens is 374 g/mol. The van der Waals surface area contributed by atoms with Crippen molar-refractivity contribution in [3.05, 3.63) is 84.7 Å². The molecular formula is C23H17N7. The zero-order chi connectivity index (χ0) is 20.1. The van der Waals surface area contributed by atoms with Gasteiger partial charge < -0.3 is 0 Å². The number of nitrogens with one attached hydrogen (secondary N) is 1. The largest absolute Gasteiger partial charge is 0.278 e. The number of hydrogen-bond acceptors (Lipinski definition) is 4. The van der Waals surface area contributed by atoms with Gasteiger partial charge in [0.2, 0.25) is 0 Å².